The number of thioether (sulfide) groups is 1. The molecule has 1 heterocycles. The van der Waals surface area contributed by atoms with Crippen molar-refractivity contribution in [3.8, 4) is 0 Å². The number of hydrogen-bond acceptors (Lipinski definition) is 4. The maximum Gasteiger partial charge on any atom is 0.253 e. The number of rotatable bonds is 7. The van der Waals surface area contributed by atoms with Crippen LogP contribution in [0.15, 0.2) is 0 Å². The lowest BCUT2D eigenvalue weighted by Crippen LogP contribution is -2.12. The Morgan fingerprint density at radius 2 is 1.67 bits per heavy atom. The van der Waals surface area contributed by atoms with Crippen molar-refractivity contribution < 1.29 is 22.7 Å². The highest BCUT2D eigenvalue weighted by Gasteiger charge is 2.20. The molecular formula is C10H12F4N2OS. The minimum atomic E-state index is -1.68. The van der Waals surface area contributed by atoms with E-state index < -0.39 is 29.2 Å². The summed E-state index contributed by atoms with van der Waals surface area (Å²) in [7, 11) is 0. The molecule has 0 saturated heterocycles. The Balaban J connectivity index is 2.52. The fourth-order valence-electron chi connectivity index (χ4n) is 1.16. The second-order valence-corrected chi connectivity index (χ2v) is 4.54. The van der Waals surface area contributed by atoms with Crippen LogP contribution < -0.4 is 5.32 Å². The number of hydrogen-bond donors (Lipinski definition) is 2. The first-order chi connectivity index (χ1) is 8.57. The van der Waals surface area contributed by atoms with E-state index in [0.29, 0.717) is 17.9 Å². The molecule has 0 radical (unpaired) electrons. The predicted octanol–water partition coefficient (Wildman–Crippen LogP) is 2.17. The molecule has 1 rings (SSSR count). The first-order valence-corrected chi connectivity index (χ1v) is 6.35. The molecule has 0 spiro atoms. The van der Waals surface area contributed by atoms with E-state index in [-0.39, 0.29) is 13.2 Å². The predicted molar refractivity (Wildman–Crippen MR) is 61.6 cm³/mol. The molecule has 0 amide bonds. The lowest BCUT2D eigenvalue weighted by Gasteiger charge is -2.08. The van der Waals surface area contributed by atoms with Crippen LogP contribution in [-0.2, 0) is 0 Å². The maximum atomic E-state index is 13.1. The minimum Gasteiger partial charge on any atom is -0.396 e. The van der Waals surface area contributed by atoms with Gasteiger partial charge in [0.2, 0.25) is 11.6 Å². The zero-order valence-electron chi connectivity index (χ0n) is 9.35. The van der Waals surface area contributed by atoms with Crippen molar-refractivity contribution in [1.29, 1.82) is 0 Å². The molecule has 0 aromatic carbocycles. The van der Waals surface area contributed by atoms with Crippen LogP contribution in [0.25, 0.3) is 0 Å². The van der Waals surface area contributed by atoms with Crippen LogP contribution in [-0.4, -0.2) is 34.7 Å². The van der Waals surface area contributed by atoms with Crippen LogP contribution in [0.2, 0.25) is 0 Å². The Bertz CT molecular complexity index is 380. The number of aliphatic hydroxyl groups is 1. The fraction of sp³-hybridized carbons (Fsp3) is 0.500. The van der Waals surface area contributed by atoms with E-state index in [1.54, 1.807) is 0 Å². The molecule has 0 aliphatic heterocycles. The van der Waals surface area contributed by atoms with Gasteiger partial charge in [-0.05, 0) is 12.2 Å². The summed E-state index contributed by atoms with van der Waals surface area (Å²) in [4.78, 5) is 2.45. The molecule has 18 heavy (non-hydrogen) atoms. The second kappa shape index (κ2) is 7.42. The maximum absolute atomic E-state index is 13.1. The van der Waals surface area contributed by atoms with Crippen LogP contribution >= 0.6 is 11.8 Å². The van der Waals surface area contributed by atoms with Crippen molar-refractivity contribution in [3.05, 3.63) is 23.5 Å². The van der Waals surface area contributed by atoms with Crippen molar-refractivity contribution in [2.45, 2.75) is 6.42 Å². The van der Waals surface area contributed by atoms with Gasteiger partial charge in [-0.1, -0.05) is 0 Å². The summed E-state index contributed by atoms with van der Waals surface area (Å²) in [5.74, 6) is -5.23. The van der Waals surface area contributed by atoms with Crippen LogP contribution in [0.3, 0.4) is 0 Å². The molecule has 0 saturated carbocycles. The standard InChI is InChI=1S/C10H12F4N2OS/c11-6-8(7(12)10(14)16-9(6)13)15-2-5-18-4-1-3-17/h17H,1-5H2,(H,15,16). The van der Waals surface area contributed by atoms with Gasteiger partial charge in [0, 0.05) is 18.9 Å². The van der Waals surface area contributed by atoms with E-state index in [9.17, 15) is 17.6 Å². The second-order valence-electron chi connectivity index (χ2n) is 3.31. The van der Waals surface area contributed by atoms with Crippen LogP contribution in [0.4, 0.5) is 23.2 Å². The van der Waals surface area contributed by atoms with E-state index in [1.807, 2.05) is 0 Å². The fourth-order valence-corrected chi connectivity index (χ4v) is 1.94. The van der Waals surface area contributed by atoms with Crippen LogP contribution in [0.5, 0.6) is 0 Å². The van der Waals surface area contributed by atoms with Gasteiger partial charge in [-0.3, -0.25) is 0 Å². The molecule has 1 aromatic rings. The Morgan fingerprint density at radius 1 is 1.06 bits per heavy atom. The van der Waals surface area contributed by atoms with E-state index in [4.69, 9.17) is 5.11 Å². The van der Waals surface area contributed by atoms with Crippen molar-refractivity contribution >= 4 is 17.4 Å². The highest BCUT2D eigenvalue weighted by Crippen LogP contribution is 2.21. The largest absolute Gasteiger partial charge is 0.396 e. The number of aliphatic hydroxyl groups excluding tert-OH is 1. The van der Waals surface area contributed by atoms with Crippen molar-refractivity contribution in [2.75, 3.05) is 30.0 Å². The average molecular weight is 284 g/mol. The molecule has 8 heteroatoms. The van der Waals surface area contributed by atoms with Gasteiger partial charge in [-0.2, -0.15) is 34.3 Å². The van der Waals surface area contributed by atoms with Gasteiger partial charge in [0.25, 0.3) is 11.9 Å². The molecule has 0 aliphatic rings. The number of nitrogens with one attached hydrogen (secondary N) is 1. The van der Waals surface area contributed by atoms with Gasteiger partial charge >= 0.3 is 0 Å². The SMILES string of the molecule is OCCCSCCNc1c(F)c(F)nc(F)c1F. The molecule has 102 valence electrons. The number of pyridine rings is 1. The Kier molecular flexibility index (Phi) is 6.20. The summed E-state index contributed by atoms with van der Waals surface area (Å²) in [6.45, 7) is 0.220. The molecular weight excluding hydrogens is 272 g/mol. The number of anilines is 1. The molecule has 0 unspecified atom stereocenters. The zero-order chi connectivity index (χ0) is 13.5. The van der Waals surface area contributed by atoms with Gasteiger partial charge in [0.05, 0.1) is 0 Å². The lowest BCUT2D eigenvalue weighted by atomic mass is 10.3. The number of nitrogens with zero attached hydrogens (tertiary/aromatic N) is 1. The third-order valence-corrected chi connectivity index (χ3v) is 3.06. The molecule has 1 aromatic heterocycles. The molecule has 2 N–H and O–H groups in total. The molecule has 0 bridgehead atoms. The van der Waals surface area contributed by atoms with Crippen molar-refractivity contribution in [1.82, 2.24) is 4.98 Å². The van der Waals surface area contributed by atoms with E-state index in [2.05, 4.69) is 10.3 Å². The van der Waals surface area contributed by atoms with Crippen LogP contribution in [0.1, 0.15) is 6.42 Å². The summed E-state index contributed by atoms with van der Waals surface area (Å²) in [5.41, 5.74) is -0.845. The van der Waals surface area contributed by atoms with E-state index >= 15 is 0 Å². The highest BCUT2D eigenvalue weighted by molar-refractivity contribution is 7.99. The third-order valence-electron chi connectivity index (χ3n) is 1.99. The molecule has 3 nitrogen and oxygen atoms in total. The summed E-state index contributed by atoms with van der Waals surface area (Å²) >= 11 is 1.45. The molecule has 0 aliphatic carbocycles. The quantitative estimate of drug-likeness (QED) is 0.457. The minimum absolute atomic E-state index is 0.0739. The van der Waals surface area contributed by atoms with Crippen LogP contribution in [0, 0.1) is 23.5 Å². The Morgan fingerprint density at radius 3 is 2.22 bits per heavy atom. The smallest absolute Gasteiger partial charge is 0.253 e. The van der Waals surface area contributed by atoms with Crippen molar-refractivity contribution in [3.63, 3.8) is 0 Å². The van der Waals surface area contributed by atoms with Gasteiger partial charge in [-0.25, -0.2) is 0 Å². The average Bonchev–Trinajstić information content (AvgIpc) is 2.35. The number of halogens is 4. The zero-order valence-corrected chi connectivity index (χ0v) is 10.2. The van der Waals surface area contributed by atoms with Gasteiger partial charge in [0.15, 0.2) is 0 Å². The van der Waals surface area contributed by atoms with Gasteiger partial charge < -0.3 is 10.4 Å². The lowest BCUT2D eigenvalue weighted by molar-refractivity contribution is 0.296. The highest BCUT2D eigenvalue weighted by atomic mass is 32.2. The molecule has 0 atom stereocenters. The summed E-state index contributed by atoms with van der Waals surface area (Å²) in [6, 6.07) is 0. The monoisotopic (exact) mass is 284 g/mol. The van der Waals surface area contributed by atoms with E-state index in [1.165, 1.54) is 11.8 Å². The number of aromatic nitrogens is 1. The topological polar surface area (TPSA) is 45.1 Å². The van der Waals surface area contributed by atoms with Gasteiger partial charge in [-0.15, -0.1) is 0 Å². The Labute approximate surface area is 106 Å². The first-order valence-electron chi connectivity index (χ1n) is 5.20. The first kappa shape index (κ1) is 15.0. The summed E-state index contributed by atoms with van der Waals surface area (Å²) < 4.78 is 51.7. The third kappa shape index (κ3) is 4.02. The van der Waals surface area contributed by atoms with Gasteiger partial charge in [0.1, 0.15) is 5.69 Å². The molecule has 0 fully saturated rings. The normalized spacial score (nSPS) is 10.7. The summed E-state index contributed by atoms with van der Waals surface area (Å²) in [5, 5.41) is 10.8. The summed E-state index contributed by atoms with van der Waals surface area (Å²) in [6.07, 6.45) is 0.617. The Hall–Kier alpha value is -1.02. The van der Waals surface area contributed by atoms with Crippen molar-refractivity contribution in [2.24, 2.45) is 0 Å². The van der Waals surface area contributed by atoms with E-state index in [0.717, 1.165) is 0 Å².